The molecule has 29 heavy (non-hydrogen) atoms. The van der Waals surface area contributed by atoms with Crippen LogP contribution in [0.4, 0.5) is 0 Å². The molecule has 0 radical (unpaired) electrons. The third kappa shape index (κ3) is 4.84. The molecule has 2 aromatic carbocycles. The van der Waals surface area contributed by atoms with Crippen LogP contribution in [0, 0.1) is 0 Å². The number of carbonyl (C=O) groups is 1. The van der Waals surface area contributed by atoms with Crippen molar-refractivity contribution >= 4 is 18.1 Å². The Bertz CT molecular complexity index is 873. The summed E-state index contributed by atoms with van der Waals surface area (Å²) in [5, 5.41) is 57.5. The number of rotatable bonds is 5. The first-order valence-electron chi connectivity index (χ1n) is 8.65. The third-order valence-electron chi connectivity index (χ3n) is 4.34. The smallest absolute Gasteiger partial charge is 0.335 e. The summed E-state index contributed by atoms with van der Waals surface area (Å²) < 4.78 is 10.5. The molecule has 6 N–H and O–H groups in total. The highest BCUT2D eigenvalue weighted by atomic mass is 16.7. The first-order chi connectivity index (χ1) is 13.7. The molecule has 0 aliphatic carbocycles. The third-order valence-corrected chi connectivity index (χ3v) is 4.34. The van der Waals surface area contributed by atoms with Crippen molar-refractivity contribution in [2.75, 3.05) is 0 Å². The molecule has 0 saturated carbocycles. The van der Waals surface area contributed by atoms with Crippen LogP contribution < -0.4 is 4.74 Å². The molecular weight excluding hydrogens is 390 g/mol. The van der Waals surface area contributed by atoms with Gasteiger partial charge in [0.1, 0.15) is 35.6 Å². The maximum absolute atomic E-state index is 11.1. The number of carboxylic acid groups (broad SMARTS) is 1. The number of hydrogen-bond acceptors (Lipinski definition) is 8. The van der Waals surface area contributed by atoms with Gasteiger partial charge in [0.05, 0.1) is 0 Å². The minimum Gasteiger partial charge on any atom is -0.508 e. The average Bonchev–Trinajstić information content (AvgIpc) is 2.67. The largest absolute Gasteiger partial charge is 0.508 e. The van der Waals surface area contributed by atoms with Crippen LogP contribution in [0.2, 0.25) is 0 Å². The van der Waals surface area contributed by atoms with Crippen molar-refractivity contribution < 1.29 is 44.9 Å². The van der Waals surface area contributed by atoms with Crippen molar-refractivity contribution in [2.24, 2.45) is 0 Å². The summed E-state index contributed by atoms with van der Waals surface area (Å²) in [5.41, 5.74) is 1.35. The fraction of sp³-hybridized carbons (Fsp3) is 0.250. The first kappa shape index (κ1) is 20.6. The van der Waals surface area contributed by atoms with Crippen molar-refractivity contribution in [3.8, 4) is 17.2 Å². The molecule has 9 nitrogen and oxygen atoms in total. The number of hydrogen-bond donors (Lipinski definition) is 6. The lowest BCUT2D eigenvalue weighted by atomic mass is 9.99. The summed E-state index contributed by atoms with van der Waals surface area (Å²) in [4.78, 5) is 11.1. The van der Waals surface area contributed by atoms with Gasteiger partial charge in [0, 0.05) is 6.07 Å². The van der Waals surface area contributed by atoms with Gasteiger partial charge in [-0.1, -0.05) is 24.3 Å². The van der Waals surface area contributed by atoms with E-state index in [9.17, 15) is 30.3 Å². The van der Waals surface area contributed by atoms with Crippen molar-refractivity contribution in [1.29, 1.82) is 0 Å². The molecule has 1 saturated heterocycles. The molecule has 1 heterocycles. The molecule has 0 unspecified atom stereocenters. The molecule has 5 atom stereocenters. The highest BCUT2D eigenvalue weighted by Crippen LogP contribution is 2.26. The van der Waals surface area contributed by atoms with Crippen LogP contribution >= 0.6 is 0 Å². The molecule has 154 valence electrons. The number of aromatic hydroxyl groups is 2. The van der Waals surface area contributed by atoms with E-state index < -0.39 is 36.7 Å². The predicted molar refractivity (Wildman–Crippen MR) is 100 cm³/mol. The molecule has 3 rings (SSSR count). The van der Waals surface area contributed by atoms with Crippen molar-refractivity contribution in [2.45, 2.75) is 30.7 Å². The molecule has 0 amide bonds. The maximum atomic E-state index is 11.1. The second-order valence-corrected chi connectivity index (χ2v) is 6.54. The van der Waals surface area contributed by atoms with Crippen LogP contribution in [0.25, 0.3) is 12.2 Å². The Kier molecular flexibility index (Phi) is 6.04. The number of aliphatic hydroxyl groups is 3. The lowest BCUT2D eigenvalue weighted by molar-refractivity contribution is -0.271. The fourth-order valence-electron chi connectivity index (χ4n) is 2.85. The van der Waals surface area contributed by atoms with E-state index in [-0.39, 0.29) is 17.2 Å². The highest BCUT2D eigenvalue weighted by molar-refractivity contribution is 5.73. The van der Waals surface area contributed by atoms with Gasteiger partial charge in [0.2, 0.25) is 6.29 Å². The lowest BCUT2D eigenvalue weighted by Crippen LogP contribution is -2.61. The summed E-state index contributed by atoms with van der Waals surface area (Å²) in [7, 11) is 0. The summed E-state index contributed by atoms with van der Waals surface area (Å²) >= 11 is 0. The Morgan fingerprint density at radius 1 is 0.862 bits per heavy atom. The number of carboxylic acids is 1. The number of benzene rings is 2. The second kappa shape index (κ2) is 8.50. The molecular formula is C20H20O9. The summed E-state index contributed by atoms with van der Waals surface area (Å²) in [6.45, 7) is 0. The quantitative estimate of drug-likeness (QED) is 0.387. The SMILES string of the molecule is O=C(O)[C@@H]1O[C@H](O[13c]2[13cH][13cH][13c](/C=C/c3cc(O)cc(O)c3)[13cH][13cH]2)[C@@H](O)[C@H](O)[C@H]1O. The zero-order valence-corrected chi connectivity index (χ0v) is 15.0. The maximum Gasteiger partial charge on any atom is 0.335 e. The van der Waals surface area contributed by atoms with E-state index in [1.54, 1.807) is 36.4 Å². The number of phenols is 2. The van der Waals surface area contributed by atoms with Gasteiger partial charge in [0.15, 0.2) is 6.10 Å². The first-order valence-corrected chi connectivity index (χ1v) is 8.65. The van der Waals surface area contributed by atoms with E-state index in [2.05, 4.69) is 0 Å². The monoisotopic (exact) mass is 410 g/mol. The standard InChI is InChI=1S/C20H20O9/c21-12-7-11(8-13(22)9-12)2-1-10-3-5-14(6-4-10)28-20-17(25)15(23)16(24)18(29-20)19(26)27/h1-9,15-18,20-25H,(H,26,27)/b2-1+/t15-,16-,17+,18-,20+/m1/s1/i3+1,4+1,5+1,6+1,10+1,14+1. The van der Waals surface area contributed by atoms with E-state index >= 15 is 0 Å². The summed E-state index contributed by atoms with van der Waals surface area (Å²) in [5.74, 6) is -1.37. The molecule has 9 heteroatoms. The van der Waals surface area contributed by atoms with Gasteiger partial charge in [-0.3, -0.25) is 0 Å². The van der Waals surface area contributed by atoms with Crippen LogP contribution in [-0.2, 0) is 9.53 Å². The van der Waals surface area contributed by atoms with Crippen LogP contribution in [0.15, 0.2) is 42.5 Å². The Morgan fingerprint density at radius 2 is 1.45 bits per heavy atom. The van der Waals surface area contributed by atoms with Crippen LogP contribution in [0.3, 0.4) is 0 Å². The van der Waals surface area contributed by atoms with Gasteiger partial charge in [-0.15, -0.1) is 0 Å². The summed E-state index contributed by atoms with van der Waals surface area (Å²) in [6, 6.07) is 10.6. The summed E-state index contributed by atoms with van der Waals surface area (Å²) in [6.07, 6.45) is -4.98. The average molecular weight is 410 g/mol. The fourth-order valence-corrected chi connectivity index (χ4v) is 2.85. The van der Waals surface area contributed by atoms with E-state index in [0.29, 0.717) is 5.56 Å². The van der Waals surface area contributed by atoms with Crippen molar-refractivity contribution in [1.82, 2.24) is 0 Å². The molecule has 0 aromatic heterocycles. The zero-order valence-electron chi connectivity index (χ0n) is 15.0. The highest BCUT2D eigenvalue weighted by Gasteiger charge is 2.48. The second-order valence-electron chi connectivity index (χ2n) is 6.54. The van der Waals surface area contributed by atoms with Crippen LogP contribution in [-0.4, -0.2) is 67.3 Å². The van der Waals surface area contributed by atoms with Crippen LogP contribution in [0.1, 0.15) is 11.1 Å². The Labute approximate surface area is 165 Å². The van der Waals surface area contributed by atoms with Gasteiger partial charge in [-0.2, -0.15) is 0 Å². The Balaban J connectivity index is 1.68. The molecule has 0 bridgehead atoms. The molecule has 1 aliphatic heterocycles. The number of ether oxygens (including phenoxy) is 2. The van der Waals surface area contributed by atoms with E-state index in [0.717, 1.165) is 5.56 Å². The molecule has 2 aromatic rings. The van der Waals surface area contributed by atoms with Gasteiger partial charge in [-0.05, 0) is 35.4 Å². The van der Waals surface area contributed by atoms with Gasteiger partial charge in [0.25, 0.3) is 0 Å². The molecule has 1 aliphatic rings. The van der Waals surface area contributed by atoms with Crippen molar-refractivity contribution in [3.05, 3.63) is 53.6 Å². The molecule has 0 spiro atoms. The Morgan fingerprint density at radius 3 is 2.03 bits per heavy atom. The lowest BCUT2D eigenvalue weighted by Gasteiger charge is -2.38. The van der Waals surface area contributed by atoms with Gasteiger partial charge < -0.3 is 40.1 Å². The van der Waals surface area contributed by atoms with E-state index in [4.69, 9.17) is 14.6 Å². The number of aliphatic carboxylic acids is 1. The predicted octanol–water partition coefficient (Wildman–Crippen LogP) is 0.539. The molecule has 1 fully saturated rings. The minimum absolute atomic E-state index is 0.0635. The normalized spacial score (nSPS) is 27.1. The number of aliphatic hydroxyl groups excluding tert-OH is 3. The van der Waals surface area contributed by atoms with Crippen molar-refractivity contribution in [3.63, 3.8) is 0 Å². The van der Waals surface area contributed by atoms with E-state index in [1.165, 1.54) is 18.2 Å². The van der Waals surface area contributed by atoms with E-state index in [1.807, 2.05) is 0 Å². The van der Waals surface area contributed by atoms with Crippen LogP contribution in [0.5, 0.6) is 17.2 Å². The van der Waals surface area contributed by atoms with Gasteiger partial charge >= 0.3 is 5.97 Å². The van der Waals surface area contributed by atoms with Gasteiger partial charge in [-0.25, -0.2) is 4.79 Å². The Hall–Kier alpha value is -3.11. The zero-order chi connectivity index (χ0) is 21.1. The minimum atomic E-state index is -1.79. The topological polar surface area (TPSA) is 157 Å². The number of phenolic OH excluding ortho intramolecular Hbond substituents is 2.